The van der Waals surface area contributed by atoms with Crippen LogP contribution in [0.1, 0.15) is 19.4 Å². The van der Waals surface area contributed by atoms with Crippen LogP contribution in [0.3, 0.4) is 0 Å². The number of hydrogen-bond donors (Lipinski definition) is 1. The van der Waals surface area contributed by atoms with Crippen molar-refractivity contribution in [1.82, 2.24) is 10.2 Å². The minimum Gasteiger partial charge on any atom is -0.364 e. The van der Waals surface area contributed by atoms with Gasteiger partial charge in [0.15, 0.2) is 0 Å². The first-order chi connectivity index (χ1) is 8.94. The smallest absolute Gasteiger partial charge is 0.0542 e. The van der Waals surface area contributed by atoms with E-state index in [0.29, 0.717) is 6.04 Å². The molecule has 19 heavy (non-hydrogen) atoms. The van der Waals surface area contributed by atoms with Gasteiger partial charge in [-0.25, -0.2) is 0 Å². The average molecular weight is 261 g/mol. The molecule has 0 spiro atoms. The van der Waals surface area contributed by atoms with Crippen molar-refractivity contribution in [2.75, 3.05) is 38.6 Å². The van der Waals surface area contributed by atoms with E-state index in [9.17, 15) is 0 Å². The normalized spacial score (nSPS) is 23.6. The molecule has 1 aliphatic rings. The molecule has 1 atom stereocenters. The number of nitrogens with one attached hydrogen (secondary N) is 1. The second-order valence-electron chi connectivity index (χ2n) is 6.37. The van der Waals surface area contributed by atoms with Crippen LogP contribution in [0.4, 0.5) is 5.69 Å². The summed E-state index contributed by atoms with van der Waals surface area (Å²) >= 11 is 0. The largest absolute Gasteiger partial charge is 0.364 e. The van der Waals surface area contributed by atoms with Crippen LogP contribution < -0.4 is 10.2 Å². The van der Waals surface area contributed by atoms with E-state index in [2.05, 4.69) is 67.2 Å². The molecule has 1 aromatic carbocycles. The molecule has 106 valence electrons. The number of hydrogen-bond acceptors (Lipinski definition) is 3. The van der Waals surface area contributed by atoms with Gasteiger partial charge in [0.1, 0.15) is 0 Å². The molecule has 2 rings (SSSR count). The molecule has 1 unspecified atom stereocenters. The van der Waals surface area contributed by atoms with Crippen LogP contribution >= 0.6 is 0 Å². The molecular weight excluding hydrogens is 234 g/mol. The Labute approximate surface area is 117 Å². The predicted molar refractivity (Wildman–Crippen MR) is 82.9 cm³/mol. The second-order valence-corrected chi connectivity index (χ2v) is 6.37. The summed E-state index contributed by atoms with van der Waals surface area (Å²) in [6.07, 6.45) is 0. The first-order valence-electron chi connectivity index (χ1n) is 7.13. The van der Waals surface area contributed by atoms with Gasteiger partial charge in [0.05, 0.1) is 6.04 Å². The molecule has 1 aliphatic heterocycles. The molecule has 0 radical (unpaired) electrons. The van der Waals surface area contributed by atoms with E-state index in [1.807, 2.05) is 7.05 Å². The van der Waals surface area contributed by atoms with Gasteiger partial charge in [0, 0.05) is 30.9 Å². The molecule has 1 fully saturated rings. The standard InChI is InChI=1S/C16H27N3/c1-13-7-6-8-14(9-13)19-12-16(2,3)18(5)11-15(19)10-17-4/h6-9,15,17H,10-12H2,1-5H3. The molecule has 1 heterocycles. The fourth-order valence-corrected chi connectivity index (χ4v) is 2.85. The highest BCUT2D eigenvalue weighted by molar-refractivity contribution is 5.50. The molecule has 3 heteroatoms. The molecule has 0 aliphatic carbocycles. The number of piperazine rings is 1. The fourth-order valence-electron chi connectivity index (χ4n) is 2.85. The Hall–Kier alpha value is -1.06. The topological polar surface area (TPSA) is 18.5 Å². The molecule has 1 N–H and O–H groups in total. The van der Waals surface area contributed by atoms with E-state index in [4.69, 9.17) is 0 Å². The van der Waals surface area contributed by atoms with Gasteiger partial charge in [-0.3, -0.25) is 4.90 Å². The van der Waals surface area contributed by atoms with Crippen molar-refractivity contribution >= 4 is 5.69 Å². The highest BCUT2D eigenvalue weighted by Crippen LogP contribution is 2.28. The van der Waals surface area contributed by atoms with Crippen LogP contribution in [-0.4, -0.2) is 50.2 Å². The summed E-state index contributed by atoms with van der Waals surface area (Å²) in [6, 6.07) is 9.38. The second kappa shape index (κ2) is 5.51. The maximum atomic E-state index is 3.33. The van der Waals surface area contributed by atoms with E-state index in [1.165, 1.54) is 11.3 Å². The van der Waals surface area contributed by atoms with Crippen molar-refractivity contribution in [3.63, 3.8) is 0 Å². The van der Waals surface area contributed by atoms with E-state index < -0.39 is 0 Å². The van der Waals surface area contributed by atoms with Gasteiger partial charge < -0.3 is 10.2 Å². The van der Waals surface area contributed by atoms with Crippen LogP contribution in [0.25, 0.3) is 0 Å². The van der Waals surface area contributed by atoms with Crippen molar-refractivity contribution in [2.24, 2.45) is 0 Å². The number of rotatable bonds is 3. The summed E-state index contributed by atoms with van der Waals surface area (Å²) in [6.45, 7) is 10.0. The fraction of sp³-hybridized carbons (Fsp3) is 0.625. The van der Waals surface area contributed by atoms with Gasteiger partial charge in [-0.2, -0.15) is 0 Å². The van der Waals surface area contributed by atoms with Crippen LogP contribution in [0.5, 0.6) is 0 Å². The van der Waals surface area contributed by atoms with Crippen molar-refractivity contribution in [1.29, 1.82) is 0 Å². The molecule has 0 saturated carbocycles. The Balaban J connectivity index is 2.28. The monoisotopic (exact) mass is 261 g/mol. The molecule has 0 bridgehead atoms. The first-order valence-corrected chi connectivity index (χ1v) is 7.13. The zero-order valence-electron chi connectivity index (χ0n) is 12.9. The summed E-state index contributed by atoms with van der Waals surface area (Å²) < 4.78 is 0. The maximum absolute atomic E-state index is 3.33. The zero-order chi connectivity index (χ0) is 14.0. The predicted octanol–water partition coefficient (Wildman–Crippen LogP) is 2.11. The lowest BCUT2D eigenvalue weighted by molar-refractivity contribution is 0.114. The molecule has 1 saturated heterocycles. The molecule has 1 aromatic rings. The van der Waals surface area contributed by atoms with Crippen LogP contribution in [-0.2, 0) is 0 Å². The molecule has 0 amide bonds. The SMILES string of the molecule is CNCC1CN(C)C(C)(C)CN1c1cccc(C)c1. The number of aryl methyl sites for hydroxylation is 1. The van der Waals surface area contributed by atoms with Gasteiger partial charge in [0.2, 0.25) is 0 Å². The third kappa shape index (κ3) is 3.10. The quantitative estimate of drug-likeness (QED) is 0.899. The Morgan fingerprint density at radius 3 is 2.74 bits per heavy atom. The van der Waals surface area contributed by atoms with E-state index in [1.54, 1.807) is 0 Å². The Bertz CT molecular complexity index is 428. The van der Waals surface area contributed by atoms with Crippen molar-refractivity contribution in [2.45, 2.75) is 32.4 Å². The highest BCUT2D eigenvalue weighted by atomic mass is 15.3. The molecular formula is C16H27N3. The van der Waals surface area contributed by atoms with Crippen LogP contribution in [0, 0.1) is 6.92 Å². The summed E-state index contributed by atoms with van der Waals surface area (Å²) in [4.78, 5) is 5.03. The lowest BCUT2D eigenvalue weighted by Crippen LogP contribution is -2.64. The Morgan fingerprint density at radius 2 is 2.11 bits per heavy atom. The van der Waals surface area contributed by atoms with Gasteiger partial charge >= 0.3 is 0 Å². The third-order valence-electron chi connectivity index (χ3n) is 4.29. The Morgan fingerprint density at radius 1 is 1.37 bits per heavy atom. The van der Waals surface area contributed by atoms with Crippen LogP contribution in [0.2, 0.25) is 0 Å². The lowest BCUT2D eigenvalue weighted by atomic mass is 9.95. The summed E-state index contributed by atoms with van der Waals surface area (Å²) in [5, 5.41) is 3.33. The van der Waals surface area contributed by atoms with E-state index in [-0.39, 0.29) is 5.54 Å². The van der Waals surface area contributed by atoms with Gasteiger partial charge in [-0.1, -0.05) is 12.1 Å². The lowest BCUT2D eigenvalue weighted by Gasteiger charge is -2.50. The van der Waals surface area contributed by atoms with Gasteiger partial charge in [0.25, 0.3) is 0 Å². The minimum atomic E-state index is 0.216. The summed E-state index contributed by atoms with van der Waals surface area (Å²) in [5.41, 5.74) is 2.90. The number of nitrogens with zero attached hydrogens (tertiary/aromatic N) is 2. The van der Waals surface area contributed by atoms with Crippen LogP contribution in [0.15, 0.2) is 24.3 Å². The third-order valence-corrected chi connectivity index (χ3v) is 4.29. The first kappa shape index (κ1) is 14.4. The zero-order valence-corrected chi connectivity index (χ0v) is 12.9. The minimum absolute atomic E-state index is 0.216. The molecule has 0 aromatic heterocycles. The maximum Gasteiger partial charge on any atom is 0.0542 e. The van der Waals surface area contributed by atoms with Crippen molar-refractivity contribution < 1.29 is 0 Å². The number of benzene rings is 1. The molecule has 3 nitrogen and oxygen atoms in total. The van der Waals surface area contributed by atoms with E-state index in [0.717, 1.165) is 19.6 Å². The highest BCUT2D eigenvalue weighted by Gasteiger charge is 2.36. The number of likely N-dealkylation sites (N-methyl/N-ethyl adjacent to an activating group) is 2. The van der Waals surface area contributed by atoms with Gasteiger partial charge in [-0.05, 0) is 52.6 Å². The van der Waals surface area contributed by atoms with E-state index >= 15 is 0 Å². The number of anilines is 1. The Kier molecular flexibility index (Phi) is 4.16. The average Bonchev–Trinajstić information content (AvgIpc) is 2.34. The van der Waals surface area contributed by atoms with Crippen molar-refractivity contribution in [3.05, 3.63) is 29.8 Å². The van der Waals surface area contributed by atoms with Crippen molar-refractivity contribution in [3.8, 4) is 0 Å². The van der Waals surface area contributed by atoms with Gasteiger partial charge in [-0.15, -0.1) is 0 Å². The summed E-state index contributed by atoms with van der Waals surface area (Å²) in [5.74, 6) is 0. The summed E-state index contributed by atoms with van der Waals surface area (Å²) in [7, 11) is 4.27.